The van der Waals surface area contributed by atoms with E-state index in [-0.39, 0.29) is 29.2 Å². The van der Waals surface area contributed by atoms with Gasteiger partial charge in [0, 0.05) is 18.2 Å². The zero-order valence-electron chi connectivity index (χ0n) is 18.8. The van der Waals surface area contributed by atoms with Crippen LogP contribution in [0.2, 0.25) is 0 Å². The van der Waals surface area contributed by atoms with E-state index in [1.807, 2.05) is 30.3 Å². The molecule has 1 aliphatic carbocycles. The fourth-order valence-electron chi connectivity index (χ4n) is 4.63. The highest BCUT2D eigenvalue weighted by Crippen LogP contribution is 2.26. The number of hydrogen-bond donors (Lipinski definition) is 3. The van der Waals surface area contributed by atoms with Crippen LogP contribution in [0.3, 0.4) is 0 Å². The Morgan fingerprint density at radius 1 is 1.09 bits per heavy atom. The SMILES string of the molecule is CC1CCCCC1NC(=O)C(Cc1ccccc1)NS(=O)(=O)c1ccc2c(c1)CCC(=O)N2. The number of aryl methyl sites for hydroxylation is 1. The number of carbonyl (C=O) groups excluding carboxylic acids is 2. The van der Waals surface area contributed by atoms with Crippen molar-refractivity contribution >= 4 is 27.5 Å². The van der Waals surface area contributed by atoms with Gasteiger partial charge in [0.05, 0.1) is 4.90 Å². The molecule has 8 heteroatoms. The molecule has 0 aromatic heterocycles. The van der Waals surface area contributed by atoms with E-state index in [0.717, 1.165) is 36.8 Å². The maximum absolute atomic E-state index is 13.3. The standard InChI is InChI=1S/C25H31N3O4S/c1-17-7-5-6-10-21(17)27-25(30)23(15-18-8-3-2-4-9-18)28-33(31,32)20-12-13-22-19(16-20)11-14-24(29)26-22/h2-4,8-9,12-13,16-17,21,23,28H,5-7,10-11,14-15H2,1H3,(H,26,29)(H,27,30). The smallest absolute Gasteiger partial charge is 0.241 e. The number of rotatable bonds is 7. The minimum atomic E-state index is -3.95. The maximum Gasteiger partial charge on any atom is 0.241 e. The first-order valence-electron chi connectivity index (χ1n) is 11.6. The molecule has 3 atom stereocenters. The fourth-order valence-corrected chi connectivity index (χ4v) is 5.88. The summed E-state index contributed by atoms with van der Waals surface area (Å²) in [6, 6.07) is 13.2. The van der Waals surface area contributed by atoms with Gasteiger partial charge >= 0.3 is 0 Å². The summed E-state index contributed by atoms with van der Waals surface area (Å²) in [6.45, 7) is 2.13. The van der Waals surface area contributed by atoms with Crippen LogP contribution in [0.25, 0.3) is 0 Å². The van der Waals surface area contributed by atoms with Gasteiger partial charge < -0.3 is 10.6 Å². The fraction of sp³-hybridized carbons (Fsp3) is 0.440. The van der Waals surface area contributed by atoms with E-state index >= 15 is 0 Å². The molecular formula is C25H31N3O4S. The summed E-state index contributed by atoms with van der Waals surface area (Å²) in [6.07, 6.45) is 5.26. The minimum Gasteiger partial charge on any atom is -0.352 e. The third kappa shape index (κ3) is 5.81. The number of benzene rings is 2. The number of carbonyl (C=O) groups is 2. The van der Waals surface area contributed by atoms with E-state index in [1.54, 1.807) is 12.1 Å². The molecule has 2 amide bonds. The molecule has 0 spiro atoms. The molecule has 1 aliphatic heterocycles. The van der Waals surface area contributed by atoms with Crippen LogP contribution < -0.4 is 15.4 Å². The number of fused-ring (bicyclic) bond motifs is 1. The average molecular weight is 470 g/mol. The van der Waals surface area contributed by atoms with Crippen LogP contribution >= 0.6 is 0 Å². The Bertz CT molecular complexity index is 1120. The minimum absolute atomic E-state index is 0.0568. The Morgan fingerprint density at radius 3 is 2.61 bits per heavy atom. The van der Waals surface area contributed by atoms with Crippen molar-refractivity contribution in [3.8, 4) is 0 Å². The van der Waals surface area contributed by atoms with Gasteiger partial charge in [0.25, 0.3) is 0 Å². The van der Waals surface area contributed by atoms with Gasteiger partial charge in [-0.05, 0) is 60.9 Å². The Kier molecular flexibility index (Phi) is 7.14. The molecule has 33 heavy (non-hydrogen) atoms. The quantitative estimate of drug-likeness (QED) is 0.579. The molecule has 2 aromatic rings. The van der Waals surface area contributed by atoms with Crippen molar-refractivity contribution in [3.05, 3.63) is 59.7 Å². The third-order valence-corrected chi connectivity index (χ3v) is 8.09. The van der Waals surface area contributed by atoms with Crippen LogP contribution in [0.5, 0.6) is 0 Å². The molecule has 7 nitrogen and oxygen atoms in total. The molecule has 0 bridgehead atoms. The van der Waals surface area contributed by atoms with Gasteiger partial charge in [-0.25, -0.2) is 8.42 Å². The van der Waals surface area contributed by atoms with Crippen molar-refractivity contribution in [2.45, 2.75) is 68.8 Å². The molecule has 1 fully saturated rings. The van der Waals surface area contributed by atoms with Gasteiger partial charge in [-0.2, -0.15) is 4.72 Å². The lowest BCUT2D eigenvalue weighted by Crippen LogP contribution is -2.52. The molecule has 3 N–H and O–H groups in total. The molecule has 1 saturated carbocycles. The van der Waals surface area contributed by atoms with Crippen molar-refractivity contribution < 1.29 is 18.0 Å². The van der Waals surface area contributed by atoms with Crippen LogP contribution in [0.4, 0.5) is 5.69 Å². The van der Waals surface area contributed by atoms with E-state index < -0.39 is 16.1 Å². The summed E-state index contributed by atoms with van der Waals surface area (Å²) >= 11 is 0. The highest BCUT2D eigenvalue weighted by Gasteiger charge is 2.30. The van der Waals surface area contributed by atoms with Gasteiger partial charge in [0.2, 0.25) is 21.8 Å². The number of hydrogen-bond acceptors (Lipinski definition) is 4. The molecule has 4 rings (SSSR count). The van der Waals surface area contributed by atoms with Gasteiger partial charge in [0.15, 0.2) is 0 Å². The van der Waals surface area contributed by atoms with E-state index in [9.17, 15) is 18.0 Å². The van der Waals surface area contributed by atoms with Gasteiger partial charge in [-0.1, -0.05) is 50.1 Å². The van der Waals surface area contributed by atoms with Gasteiger partial charge in [-0.3, -0.25) is 9.59 Å². The first-order chi connectivity index (χ1) is 15.8. The zero-order valence-corrected chi connectivity index (χ0v) is 19.7. The van der Waals surface area contributed by atoms with E-state index in [1.165, 1.54) is 6.07 Å². The second kappa shape index (κ2) is 10.1. The molecule has 3 unspecified atom stereocenters. The molecular weight excluding hydrogens is 438 g/mol. The maximum atomic E-state index is 13.3. The van der Waals surface area contributed by atoms with E-state index in [2.05, 4.69) is 22.3 Å². The summed E-state index contributed by atoms with van der Waals surface area (Å²) in [5.41, 5.74) is 2.29. The predicted octanol–water partition coefficient (Wildman–Crippen LogP) is 3.16. The summed E-state index contributed by atoms with van der Waals surface area (Å²) in [5, 5.41) is 5.87. The summed E-state index contributed by atoms with van der Waals surface area (Å²) < 4.78 is 29.2. The van der Waals surface area contributed by atoms with E-state index in [0.29, 0.717) is 24.4 Å². The number of sulfonamides is 1. The monoisotopic (exact) mass is 469 g/mol. The van der Waals surface area contributed by atoms with Crippen LogP contribution in [0.1, 0.15) is 50.2 Å². The predicted molar refractivity (Wildman–Crippen MR) is 127 cm³/mol. The Labute approximate surface area is 195 Å². The lowest BCUT2D eigenvalue weighted by molar-refractivity contribution is -0.124. The zero-order chi connectivity index (χ0) is 23.4. The van der Waals surface area contributed by atoms with E-state index in [4.69, 9.17) is 0 Å². The highest BCUT2D eigenvalue weighted by molar-refractivity contribution is 7.89. The van der Waals surface area contributed by atoms with Crippen LogP contribution in [0.15, 0.2) is 53.4 Å². The number of nitrogens with one attached hydrogen (secondary N) is 3. The average Bonchev–Trinajstić information content (AvgIpc) is 2.80. The molecule has 1 heterocycles. The number of anilines is 1. The van der Waals surface area contributed by atoms with Crippen molar-refractivity contribution in [1.82, 2.24) is 10.0 Å². The highest BCUT2D eigenvalue weighted by atomic mass is 32.2. The van der Waals surface area contributed by atoms with Crippen molar-refractivity contribution in [3.63, 3.8) is 0 Å². The topological polar surface area (TPSA) is 104 Å². The third-order valence-electron chi connectivity index (χ3n) is 6.62. The summed E-state index contributed by atoms with van der Waals surface area (Å²) in [5.74, 6) is -0.00768. The van der Waals surface area contributed by atoms with Crippen molar-refractivity contribution in [1.29, 1.82) is 0 Å². The van der Waals surface area contributed by atoms with Gasteiger partial charge in [-0.15, -0.1) is 0 Å². The van der Waals surface area contributed by atoms with Gasteiger partial charge in [0.1, 0.15) is 6.04 Å². The Morgan fingerprint density at radius 2 is 1.85 bits per heavy atom. The normalized spacial score (nSPS) is 21.5. The second-order valence-electron chi connectivity index (χ2n) is 9.11. The molecule has 176 valence electrons. The summed E-state index contributed by atoms with van der Waals surface area (Å²) in [4.78, 5) is 24.9. The molecule has 2 aromatic carbocycles. The van der Waals surface area contributed by atoms with Crippen molar-refractivity contribution in [2.24, 2.45) is 5.92 Å². The van der Waals surface area contributed by atoms with Crippen molar-refractivity contribution in [2.75, 3.05) is 5.32 Å². The van der Waals surface area contributed by atoms with Crippen LogP contribution in [-0.2, 0) is 32.5 Å². The molecule has 0 radical (unpaired) electrons. The second-order valence-corrected chi connectivity index (χ2v) is 10.8. The molecule has 2 aliphatic rings. The first kappa shape index (κ1) is 23.4. The summed E-state index contributed by atoms with van der Waals surface area (Å²) in [7, 11) is -3.95. The Balaban J connectivity index is 1.55. The molecule has 0 saturated heterocycles. The first-order valence-corrected chi connectivity index (χ1v) is 13.1. The lowest BCUT2D eigenvalue weighted by atomic mass is 9.86. The lowest BCUT2D eigenvalue weighted by Gasteiger charge is -2.31. The van der Waals surface area contributed by atoms with Crippen LogP contribution in [-0.4, -0.2) is 32.3 Å². The largest absolute Gasteiger partial charge is 0.352 e. The Hall–Kier alpha value is -2.71. The number of amides is 2. The van der Waals surface area contributed by atoms with Crippen LogP contribution in [0, 0.1) is 5.92 Å².